The number of benzene rings is 2. The Kier molecular flexibility index (Phi) is 4.35. The molecule has 0 aliphatic rings. The van der Waals surface area contributed by atoms with Crippen LogP contribution in [0.1, 0.15) is 18.1 Å². The van der Waals surface area contributed by atoms with Crippen molar-refractivity contribution >= 4 is 47.8 Å². The van der Waals surface area contributed by atoms with Crippen LogP contribution in [0, 0.1) is 0 Å². The Hall–Kier alpha value is -0.120. The minimum Gasteiger partial charge on any atom is -0.0622 e. The lowest BCUT2D eigenvalue weighted by atomic mass is 9.78. The molecular weight excluding hydrogens is 420 g/mol. The van der Waals surface area contributed by atoms with Crippen LogP contribution in [0.2, 0.25) is 0 Å². The second-order valence-corrected chi connectivity index (χ2v) is 11.1. The average Bonchev–Trinajstić information content (AvgIpc) is 2.38. The first-order chi connectivity index (χ1) is 8.46. The standard InChI is InChI=1S/C15H13Br3/c1-14(15(16,17)18,12-8-4-2-5-9-12)13-10-6-3-7-11-13/h2-11H,1H3. The molecule has 0 nitrogen and oxygen atoms in total. The van der Waals surface area contributed by atoms with Gasteiger partial charge in [-0.15, -0.1) is 0 Å². The largest absolute Gasteiger partial charge is 0.148 e. The Morgan fingerprint density at radius 3 is 1.28 bits per heavy atom. The SMILES string of the molecule is CC(c1ccccc1)(c1ccccc1)C(Br)(Br)Br. The van der Waals surface area contributed by atoms with Gasteiger partial charge in [0.05, 0.1) is 5.41 Å². The molecule has 0 heterocycles. The summed E-state index contributed by atoms with van der Waals surface area (Å²) in [5, 5.41) is 0. The first-order valence-corrected chi connectivity index (χ1v) is 8.02. The van der Waals surface area contributed by atoms with Crippen molar-refractivity contribution in [2.24, 2.45) is 0 Å². The monoisotopic (exact) mass is 430 g/mol. The van der Waals surface area contributed by atoms with Crippen molar-refractivity contribution in [3.8, 4) is 0 Å². The lowest BCUT2D eigenvalue weighted by molar-refractivity contribution is 0.621. The number of hydrogen-bond acceptors (Lipinski definition) is 0. The fraction of sp³-hybridized carbons (Fsp3) is 0.200. The molecule has 0 amide bonds. The van der Waals surface area contributed by atoms with Gasteiger partial charge in [0.25, 0.3) is 0 Å². The number of alkyl halides is 3. The van der Waals surface area contributed by atoms with Gasteiger partial charge in [-0.2, -0.15) is 0 Å². The van der Waals surface area contributed by atoms with Crippen LogP contribution in [-0.4, -0.2) is 2.14 Å². The van der Waals surface area contributed by atoms with Crippen LogP contribution in [0.3, 0.4) is 0 Å². The second-order valence-electron chi connectivity index (χ2n) is 4.35. The zero-order chi connectivity index (χ0) is 13.2. The molecule has 2 aromatic carbocycles. The van der Waals surface area contributed by atoms with Crippen LogP contribution < -0.4 is 0 Å². The Morgan fingerprint density at radius 1 is 0.667 bits per heavy atom. The molecule has 0 atom stereocenters. The van der Waals surface area contributed by atoms with Crippen LogP contribution in [0.5, 0.6) is 0 Å². The highest BCUT2D eigenvalue weighted by atomic mass is 80.0. The van der Waals surface area contributed by atoms with Gasteiger partial charge in [0.15, 0.2) is 0 Å². The van der Waals surface area contributed by atoms with Crippen molar-refractivity contribution < 1.29 is 0 Å². The van der Waals surface area contributed by atoms with Gasteiger partial charge in [0.1, 0.15) is 2.14 Å². The molecule has 0 aromatic heterocycles. The van der Waals surface area contributed by atoms with Crippen molar-refractivity contribution in [2.45, 2.75) is 14.5 Å². The summed E-state index contributed by atoms with van der Waals surface area (Å²) >= 11 is 11.1. The zero-order valence-corrected chi connectivity index (χ0v) is 14.7. The normalized spacial score (nSPS) is 12.4. The molecule has 0 unspecified atom stereocenters. The van der Waals surface area contributed by atoms with Gasteiger partial charge in [-0.3, -0.25) is 0 Å². The third kappa shape index (κ3) is 2.59. The Bertz CT molecular complexity index is 461. The first-order valence-electron chi connectivity index (χ1n) is 5.64. The molecule has 0 N–H and O–H groups in total. The van der Waals surface area contributed by atoms with Crippen molar-refractivity contribution in [1.82, 2.24) is 0 Å². The third-order valence-corrected chi connectivity index (χ3v) is 5.65. The average molecular weight is 433 g/mol. The van der Waals surface area contributed by atoms with Crippen LogP contribution in [0.4, 0.5) is 0 Å². The predicted molar refractivity (Wildman–Crippen MR) is 88.9 cm³/mol. The molecule has 2 rings (SSSR count). The van der Waals surface area contributed by atoms with E-state index in [1.807, 2.05) is 12.1 Å². The van der Waals surface area contributed by atoms with E-state index >= 15 is 0 Å². The van der Waals surface area contributed by atoms with E-state index in [2.05, 4.69) is 103 Å². The minimum absolute atomic E-state index is 0.227. The van der Waals surface area contributed by atoms with Crippen molar-refractivity contribution in [3.05, 3.63) is 71.8 Å². The van der Waals surface area contributed by atoms with Crippen molar-refractivity contribution in [1.29, 1.82) is 0 Å². The van der Waals surface area contributed by atoms with Crippen molar-refractivity contribution in [2.75, 3.05) is 0 Å². The molecule has 0 spiro atoms. The summed E-state index contributed by atoms with van der Waals surface area (Å²) < 4.78 is -0.400. The van der Waals surface area contributed by atoms with Gasteiger partial charge >= 0.3 is 0 Å². The highest BCUT2D eigenvalue weighted by molar-refractivity contribution is 9.39. The predicted octanol–water partition coefficient (Wildman–Crippen LogP) is 5.83. The molecule has 18 heavy (non-hydrogen) atoms. The van der Waals surface area contributed by atoms with Crippen LogP contribution in [0.25, 0.3) is 0 Å². The summed E-state index contributed by atoms with van der Waals surface area (Å²) in [6, 6.07) is 20.9. The Balaban J connectivity index is 2.63. The first kappa shape index (κ1) is 14.3. The fourth-order valence-corrected chi connectivity index (χ4v) is 3.41. The molecule has 0 saturated heterocycles. The number of hydrogen-bond donors (Lipinski definition) is 0. The van der Waals surface area contributed by atoms with Gasteiger partial charge in [0.2, 0.25) is 0 Å². The fourth-order valence-electron chi connectivity index (χ4n) is 2.04. The molecule has 94 valence electrons. The smallest absolute Gasteiger partial charge is 0.0622 e. The molecular formula is C15H13Br3. The quantitative estimate of drug-likeness (QED) is 0.523. The molecule has 0 radical (unpaired) electrons. The van der Waals surface area contributed by atoms with Gasteiger partial charge in [-0.05, 0) is 18.1 Å². The van der Waals surface area contributed by atoms with Gasteiger partial charge in [-0.1, -0.05) is 108 Å². The summed E-state index contributed by atoms with van der Waals surface area (Å²) in [4.78, 5) is 0. The summed E-state index contributed by atoms with van der Waals surface area (Å²) in [5.74, 6) is 0. The van der Waals surface area contributed by atoms with Crippen LogP contribution in [-0.2, 0) is 5.41 Å². The van der Waals surface area contributed by atoms with Gasteiger partial charge < -0.3 is 0 Å². The maximum atomic E-state index is 3.71. The van der Waals surface area contributed by atoms with E-state index in [0.717, 1.165) is 0 Å². The maximum absolute atomic E-state index is 3.71. The molecule has 0 fully saturated rings. The molecule has 3 heteroatoms. The van der Waals surface area contributed by atoms with E-state index in [1.54, 1.807) is 0 Å². The third-order valence-electron chi connectivity index (χ3n) is 3.27. The van der Waals surface area contributed by atoms with Crippen molar-refractivity contribution in [3.63, 3.8) is 0 Å². The highest BCUT2D eigenvalue weighted by Gasteiger charge is 2.45. The molecule has 0 saturated carbocycles. The molecule has 2 aromatic rings. The lowest BCUT2D eigenvalue weighted by Crippen LogP contribution is -2.36. The minimum atomic E-state index is -0.400. The van der Waals surface area contributed by atoms with E-state index < -0.39 is 2.14 Å². The topological polar surface area (TPSA) is 0 Å². The summed E-state index contributed by atoms with van der Waals surface area (Å²) in [5.41, 5.74) is 2.25. The zero-order valence-electron chi connectivity index (χ0n) is 9.91. The number of halogens is 3. The highest BCUT2D eigenvalue weighted by Crippen LogP contribution is 2.54. The molecule has 0 aliphatic carbocycles. The van der Waals surface area contributed by atoms with Gasteiger partial charge in [-0.25, -0.2) is 0 Å². The van der Waals surface area contributed by atoms with Gasteiger partial charge in [0, 0.05) is 0 Å². The molecule has 0 bridgehead atoms. The van der Waals surface area contributed by atoms with E-state index in [-0.39, 0.29) is 5.41 Å². The van der Waals surface area contributed by atoms with E-state index in [9.17, 15) is 0 Å². The Morgan fingerprint density at radius 2 is 1.00 bits per heavy atom. The summed E-state index contributed by atoms with van der Waals surface area (Å²) in [6.45, 7) is 2.20. The molecule has 0 aliphatic heterocycles. The van der Waals surface area contributed by atoms with E-state index in [1.165, 1.54) is 11.1 Å². The Labute approximate surface area is 133 Å². The second kappa shape index (κ2) is 5.48. The van der Waals surface area contributed by atoms with Crippen LogP contribution >= 0.6 is 47.8 Å². The maximum Gasteiger partial charge on any atom is 0.148 e. The number of rotatable bonds is 2. The summed E-state index contributed by atoms with van der Waals surface area (Å²) in [6.07, 6.45) is 0. The van der Waals surface area contributed by atoms with E-state index in [4.69, 9.17) is 0 Å². The van der Waals surface area contributed by atoms with Crippen LogP contribution in [0.15, 0.2) is 60.7 Å². The lowest BCUT2D eigenvalue weighted by Gasteiger charge is -2.38. The summed E-state index contributed by atoms with van der Waals surface area (Å²) in [7, 11) is 0. The van der Waals surface area contributed by atoms with E-state index in [0.29, 0.717) is 0 Å².